The zero-order chi connectivity index (χ0) is 13.8. The van der Waals surface area contributed by atoms with E-state index in [4.69, 9.17) is 4.74 Å². The quantitative estimate of drug-likeness (QED) is 0.477. The van der Waals surface area contributed by atoms with Gasteiger partial charge in [-0.15, -0.1) is 0 Å². The maximum atomic E-state index is 11.4. The van der Waals surface area contributed by atoms with E-state index in [1.165, 1.54) is 13.0 Å². The van der Waals surface area contributed by atoms with Crippen LogP contribution in [0.25, 0.3) is 0 Å². The van der Waals surface area contributed by atoms with Crippen LogP contribution in [-0.4, -0.2) is 10.7 Å². The summed E-state index contributed by atoms with van der Waals surface area (Å²) in [5, 5.41) is 10.6. The maximum absolute atomic E-state index is 11.4. The lowest BCUT2D eigenvalue weighted by Crippen LogP contribution is -1.98. The van der Waals surface area contributed by atoms with Gasteiger partial charge in [0.1, 0.15) is 17.2 Å². The summed E-state index contributed by atoms with van der Waals surface area (Å²) in [5.74, 6) is 0.0363. The smallest absolute Gasteiger partial charge is 0.328 e. The Kier molecular flexibility index (Phi) is 3.91. The topological polar surface area (TPSA) is 69.4 Å². The number of ketones is 1. The highest BCUT2D eigenvalue weighted by molar-refractivity contribution is 7.17. The minimum Gasteiger partial charge on any atom is -0.487 e. The molecule has 19 heavy (non-hydrogen) atoms. The average molecular weight is 277 g/mol. The highest BCUT2D eigenvalue weighted by Gasteiger charge is 2.20. The highest BCUT2D eigenvalue weighted by atomic mass is 32.1. The van der Waals surface area contributed by atoms with Crippen LogP contribution in [0.1, 0.15) is 22.2 Å². The summed E-state index contributed by atoms with van der Waals surface area (Å²) in [6, 6.07) is 10.7. The third-order valence-electron chi connectivity index (χ3n) is 2.42. The fourth-order valence-electron chi connectivity index (χ4n) is 1.54. The minimum atomic E-state index is -0.521. The van der Waals surface area contributed by atoms with Gasteiger partial charge in [-0.2, -0.15) is 0 Å². The van der Waals surface area contributed by atoms with Crippen molar-refractivity contribution in [3.63, 3.8) is 0 Å². The molecule has 0 unspecified atom stereocenters. The molecular formula is C13H11NO4S. The first-order chi connectivity index (χ1) is 9.08. The number of hydrogen-bond donors (Lipinski definition) is 0. The lowest BCUT2D eigenvalue weighted by Gasteiger charge is -2.04. The molecule has 0 N–H and O–H groups in total. The average Bonchev–Trinajstić information content (AvgIpc) is 2.82. The number of rotatable bonds is 5. The van der Waals surface area contributed by atoms with Gasteiger partial charge in [0.05, 0.1) is 11.0 Å². The van der Waals surface area contributed by atoms with Gasteiger partial charge < -0.3 is 4.74 Å². The molecule has 0 aliphatic heterocycles. The molecule has 0 atom stereocenters. The van der Waals surface area contributed by atoms with E-state index < -0.39 is 4.92 Å². The number of nitrogens with zero attached hydrogens (tertiary/aromatic N) is 1. The number of nitro groups is 1. The fraction of sp³-hybridized carbons (Fsp3) is 0.154. The molecule has 1 heterocycles. The van der Waals surface area contributed by atoms with Gasteiger partial charge in [0.15, 0.2) is 5.78 Å². The minimum absolute atomic E-state index is 0.0896. The van der Waals surface area contributed by atoms with Gasteiger partial charge in [0, 0.05) is 6.92 Å². The third kappa shape index (κ3) is 3.17. The van der Waals surface area contributed by atoms with Crippen LogP contribution < -0.4 is 4.74 Å². The Morgan fingerprint density at radius 1 is 1.37 bits per heavy atom. The lowest BCUT2D eigenvalue weighted by atomic mass is 10.2. The second-order valence-corrected chi connectivity index (χ2v) is 4.90. The van der Waals surface area contributed by atoms with Gasteiger partial charge >= 0.3 is 5.00 Å². The van der Waals surface area contributed by atoms with Gasteiger partial charge in [-0.3, -0.25) is 14.9 Å². The molecule has 0 saturated heterocycles. The number of thiophene rings is 1. The SMILES string of the molecule is CC(=O)c1sc([N+](=O)[O-])cc1OCc1ccccc1. The molecule has 1 aromatic carbocycles. The second-order valence-electron chi connectivity index (χ2n) is 3.87. The van der Waals surface area contributed by atoms with Crippen LogP contribution in [0.5, 0.6) is 5.75 Å². The van der Waals surface area contributed by atoms with Crippen LogP contribution in [0.4, 0.5) is 5.00 Å². The Hall–Kier alpha value is -2.21. The Labute approximate surface area is 113 Å². The number of ether oxygens (including phenoxy) is 1. The van der Waals surface area contributed by atoms with E-state index >= 15 is 0 Å². The molecule has 2 aromatic rings. The van der Waals surface area contributed by atoms with Gasteiger partial charge in [-0.1, -0.05) is 41.7 Å². The predicted octanol–water partition coefficient (Wildman–Crippen LogP) is 3.44. The Morgan fingerprint density at radius 2 is 2.05 bits per heavy atom. The van der Waals surface area contributed by atoms with Gasteiger partial charge in [-0.05, 0) is 5.56 Å². The van der Waals surface area contributed by atoms with Crippen LogP contribution in [0.3, 0.4) is 0 Å². The van der Waals surface area contributed by atoms with Crippen LogP contribution in [0.2, 0.25) is 0 Å². The summed E-state index contributed by atoms with van der Waals surface area (Å²) in [4.78, 5) is 21.9. The summed E-state index contributed by atoms with van der Waals surface area (Å²) in [6.07, 6.45) is 0. The molecule has 0 aliphatic carbocycles. The molecule has 6 heteroatoms. The summed E-state index contributed by atoms with van der Waals surface area (Å²) in [5.41, 5.74) is 0.936. The van der Waals surface area contributed by atoms with Crippen molar-refractivity contribution in [2.24, 2.45) is 0 Å². The molecule has 5 nitrogen and oxygen atoms in total. The normalized spacial score (nSPS) is 10.2. The number of benzene rings is 1. The third-order valence-corrected chi connectivity index (χ3v) is 3.59. The predicted molar refractivity (Wildman–Crippen MR) is 71.8 cm³/mol. The number of carbonyl (C=O) groups is 1. The van der Waals surface area contributed by atoms with Crippen molar-refractivity contribution in [2.45, 2.75) is 13.5 Å². The molecule has 0 bridgehead atoms. The first-order valence-electron chi connectivity index (χ1n) is 5.54. The van der Waals surface area contributed by atoms with Crippen molar-refractivity contribution in [1.29, 1.82) is 0 Å². The van der Waals surface area contributed by atoms with E-state index in [2.05, 4.69) is 0 Å². The van der Waals surface area contributed by atoms with E-state index in [9.17, 15) is 14.9 Å². The molecule has 0 amide bonds. The van der Waals surface area contributed by atoms with Crippen LogP contribution in [0, 0.1) is 10.1 Å². The molecular weight excluding hydrogens is 266 g/mol. The van der Waals surface area contributed by atoms with Crippen LogP contribution in [0.15, 0.2) is 36.4 Å². The van der Waals surface area contributed by atoms with Crippen LogP contribution in [-0.2, 0) is 6.61 Å². The molecule has 98 valence electrons. The fourth-order valence-corrected chi connectivity index (χ4v) is 2.35. The lowest BCUT2D eigenvalue weighted by molar-refractivity contribution is -0.380. The van der Waals surface area contributed by atoms with E-state index in [0.29, 0.717) is 0 Å². The van der Waals surface area contributed by atoms with Crippen molar-refractivity contribution in [3.8, 4) is 5.75 Å². The molecule has 0 radical (unpaired) electrons. The Bertz CT molecular complexity index is 606. The zero-order valence-electron chi connectivity index (χ0n) is 10.2. The molecule has 0 aliphatic rings. The van der Waals surface area contributed by atoms with E-state index in [1.54, 1.807) is 0 Å². The molecule has 2 rings (SSSR count). The molecule has 0 spiro atoms. The number of hydrogen-bond acceptors (Lipinski definition) is 5. The monoisotopic (exact) mass is 277 g/mol. The standard InChI is InChI=1S/C13H11NO4S/c1-9(15)13-11(7-12(19-13)14(16)17)18-8-10-5-3-2-4-6-10/h2-7H,8H2,1H3. The number of carbonyl (C=O) groups excluding carboxylic acids is 1. The van der Waals surface area contributed by atoms with Crippen LogP contribution >= 0.6 is 11.3 Å². The largest absolute Gasteiger partial charge is 0.487 e. The molecule has 0 fully saturated rings. The van der Waals surface area contributed by atoms with Crippen molar-refractivity contribution in [3.05, 3.63) is 57.0 Å². The van der Waals surface area contributed by atoms with Crippen molar-refractivity contribution >= 4 is 22.1 Å². The summed E-state index contributed by atoms with van der Waals surface area (Å²) >= 11 is 0.837. The van der Waals surface area contributed by atoms with Gasteiger partial charge in [0.25, 0.3) is 0 Å². The van der Waals surface area contributed by atoms with Crippen molar-refractivity contribution in [2.75, 3.05) is 0 Å². The zero-order valence-corrected chi connectivity index (χ0v) is 11.0. The Morgan fingerprint density at radius 3 is 2.63 bits per heavy atom. The molecule has 1 aromatic heterocycles. The van der Waals surface area contributed by atoms with Gasteiger partial charge in [0.2, 0.25) is 0 Å². The summed E-state index contributed by atoms with van der Waals surface area (Å²) in [7, 11) is 0. The van der Waals surface area contributed by atoms with Gasteiger partial charge in [-0.25, -0.2) is 0 Å². The number of Topliss-reactive ketones (excluding diaryl/α,β-unsaturated/α-hetero) is 1. The first kappa shape index (κ1) is 13.2. The van der Waals surface area contributed by atoms with E-state index in [-0.39, 0.29) is 28.0 Å². The van der Waals surface area contributed by atoms with E-state index in [1.807, 2.05) is 30.3 Å². The van der Waals surface area contributed by atoms with Crippen molar-refractivity contribution in [1.82, 2.24) is 0 Å². The highest BCUT2D eigenvalue weighted by Crippen LogP contribution is 2.35. The van der Waals surface area contributed by atoms with Crippen molar-refractivity contribution < 1.29 is 14.5 Å². The molecule has 0 saturated carbocycles. The second kappa shape index (κ2) is 5.62. The first-order valence-corrected chi connectivity index (χ1v) is 6.35. The van der Waals surface area contributed by atoms with E-state index in [0.717, 1.165) is 16.9 Å². The summed E-state index contributed by atoms with van der Waals surface area (Å²) < 4.78 is 5.50. The Balaban J connectivity index is 2.19. The summed E-state index contributed by atoms with van der Waals surface area (Å²) in [6.45, 7) is 1.64. The maximum Gasteiger partial charge on any atom is 0.328 e.